The standard InChI is InChI=1S/C18H29N5O5/c1-10(15(19)25)20-17(27)14-7-5-9-23(14)18(28)11(2)21-16(26)13-6-4-8-22(13)12(3)24/h10-11,13-14H,4-9H2,1-3H3,(H2,19,25)(H,20,27)(H,21,26)/t10-,11-,13-,14-/m0/s1. The summed E-state index contributed by atoms with van der Waals surface area (Å²) in [4.78, 5) is 63.4. The van der Waals surface area contributed by atoms with Crippen LogP contribution in [0.25, 0.3) is 0 Å². The van der Waals surface area contributed by atoms with E-state index < -0.39 is 36.0 Å². The highest BCUT2D eigenvalue weighted by Crippen LogP contribution is 2.20. The normalized spacial score (nSPS) is 23.8. The summed E-state index contributed by atoms with van der Waals surface area (Å²) in [5.74, 6) is -2.00. The van der Waals surface area contributed by atoms with Crippen LogP contribution in [0.2, 0.25) is 0 Å². The topological polar surface area (TPSA) is 142 Å². The number of likely N-dealkylation sites (tertiary alicyclic amines) is 2. The van der Waals surface area contributed by atoms with Crippen LogP contribution in [0.15, 0.2) is 0 Å². The van der Waals surface area contributed by atoms with Crippen LogP contribution in [0.1, 0.15) is 46.5 Å². The Morgan fingerprint density at radius 2 is 1.32 bits per heavy atom. The Bertz CT molecular complexity index is 667. The first-order chi connectivity index (χ1) is 13.1. The highest BCUT2D eigenvalue weighted by molar-refractivity contribution is 5.95. The summed E-state index contributed by atoms with van der Waals surface area (Å²) in [6.07, 6.45) is 2.43. The number of nitrogens with two attached hydrogens (primary N) is 1. The van der Waals surface area contributed by atoms with Crippen molar-refractivity contribution >= 4 is 29.5 Å². The first kappa shape index (κ1) is 21.6. The first-order valence-corrected chi connectivity index (χ1v) is 9.61. The lowest BCUT2D eigenvalue weighted by molar-refractivity contribution is -0.143. The SMILES string of the molecule is CC(=O)N1CCC[C@H]1C(=O)N[C@@H](C)C(=O)N1CCC[C@H]1C(=O)N[C@@H](C)C(N)=O. The highest BCUT2D eigenvalue weighted by Gasteiger charge is 2.38. The molecule has 0 unspecified atom stereocenters. The predicted molar refractivity (Wildman–Crippen MR) is 99.5 cm³/mol. The average molecular weight is 395 g/mol. The zero-order chi connectivity index (χ0) is 21.0. The van der Waals surface area contributed by atoms with Crippen molar-refractivity contribution in [3.05, 3.63) is 0 Å². The zero-order valence-electron chi connectivity index (χ0n) is 16.6. The molecule has 0 aromatic heterocycles. The minimum atomic E-state index is -0.831. The van der Waals surface area contributed by atoms with Crippen LogP contribution in [0.3, 0.4) is 0 Å². The molecule has 2 rings (SSSR count). The van der Waals surface area contributed by atoms with Gasteiger partial charge in [-0.05, 0) is 39.5 Å². The maximum Gasteiger partial charge on any atom is 0.245 e. The van der Waals surface area contributed by atoms with Gasteiger partial charge in [-0.15, -0.1) is 0 Å². The summed E-state index contributed by atoms with van der Waals surface area (Å²) in [6.45, 7) is 5.38. The maximum absolute atomic E-state index is 12.8. The van der Waals surface area contributed by atoms with E-state index in [1.807, 2.05) is 0 Å². The molecule has 2 fully saturated rings. The van der Waals surface area contributed by atoms with Crippen molar-refractivity contribution in [2.45, 2.75) is 70.6 Å². The van der Waals surface area contributed by atoms with Crippen molar-refractivity contribution < 1.29 is 24.0 Å². The van der Waals surface area contributed by atoms with Gasteiger partial charge in [-0.1, -0.05) is 0 Å². The van der Waals surface area contributed by atoms with Gasteiger partial charge >= 0.3 is 0 Å². The van der Waals surface area contributed by atoms with Gasteiger partial charge in [-0.2, -0.15) is 0 Å². The minimum absolute atomic E-state index is 0.170. The lowest BCUT2D eigenvalue weighted by atomic mass is 10.1. The van der Waals surface area contributed by atoms with Gasteiger partial charge in [-0.25, -0.2) is 0 Å². The molecule has 0 radical (unpaired) electrons. The molecule has 28 heavy (non-hydrogen) atoms. The second kappa shape index (κ2) is 9.03. The monoisotopic (exact) mass is 395 g/mol. The van der Waals surface area contributed by atoms with E-state index in [0.717, 1.165) is 6.42 Å². The van der Waals surface area contributed by atoms with Gasteiger partial charge in [0, 0.05) is 20.0 Å². The van der Waals surface area contributed by atoms with Crippen molar-refractivity contribution in [2.24, 2.45) is 5.73 Å². The lowest BCUT2D eigenvalue weighted by Crippen LogP contribution is -2.56. The number of primary amides is 1. The Balaban J connectivity index is 1.97. The van der Waals surface area contributed by atoms with Crippen LogP contribution in [-0.4, -0.2) is 76.6 Å². The first-order valence-electron chi connectivity index (χ1n) is 9.61. The molecule has 0 bridgehead atoms. The summed E-state index contributed by atoms with van der Waals surface area (Å²) in [5, 5.41) is 5.18. The van der Waals surface area contributed by atoms with Crippen LogP contribution in [0.4, 0.5) is 0 Å². The Hall–Kier alpha value is -2.65. The molecule has 4 atom stereocenters. The minimum Gasteiger partial charge on any atom is -0.368 e. The van der Waals surface area contributed by atoms with E-state index in [-0.39, 0.29) is 17.7 Å². The van der Waals surface area contributed by atoms with Gasteiger partial charge in [-0.3, -0.25) is 24.0 Å². The molecule has 2 heterocycles. The fourth-order valence-corrected chi connectivity index (χ4v) is 3.72. The number of nitrogens with zero attached hydrogens (tertiary/aromatic N) is 2. The second-order valence-corrected chi connectivity index (χ2v) is 7.42. The molecule has 156 valence electrons. The van der Waals surface area contributed by atoms with Crippen LogP contribution < -0.4 is 16.4 Å². The molecular formula is C18H29N5O5. The number of nitrogens with one attached hydrogen (secondary N) is 2. The van der Waals surface area contributed by atoms with Gasteiger partial charge in [0.2, 0.25) is 29.5 Å². The van der Waals surface area contributed by atoms with E-state index >= 15 is 0 Å². The van der Waals surface area contributed by atoms with Crippen LogP contribution in [0.5, 0.6) is 0 Å². The maximum atomic E-state index is 12.8. The third-order valence-electron chi connectivity index (χ3n) is 5.31. The quantitative estimate of drug-likeness (QED) is 0.501. The van der Waals surface area contributed by atoms with Crippen molar-refractivity contribution in [2.75, 3.05) is 13.1 Å². The summed E-state index contributed by atoms with van der Waals surface area (Å²) in [7, 11) is 0. The van der Waals surface area contributed by atoms with Crippen molar-refractivity contribution in [3.8, 4) is 0 Å². The molecule has 0 saturated carbocycles. The molecule has 0 aromatic rings. The van der Waals surface area contributed by atoms with Crippen LogP contribution in [0, 0.1) is 0 Å². The Morgan fingerprint density at radius 1 is 0.857 bits per heavy atom. The number of amides is 5. The molecule has 2 aliphatic rings. The molecular weight excluding hydrogens is 366 g/mol. The molecule has 10 nitrogen and oxygen atoms in total. The smallest absolute Gasteiger partial charge is 0.245 e. The molecule has 0 aliphatic carbocycles. The fourth-order valence-electron chi connectivity index (χ4n) is 3.72. The number of carbonyl (C=O) groups excluding carboxylic acids is 5. The van der Waals surface area contributed by atoms with Crippen molar-refractivity contribution in [3.63, 3.8) is 0 Å². The number of hydrogen-bond donors (Lipinski definition) is 3. The number of rotatable bonds is 6. The number of carbonyl (C=O) groups is 5. The second-order valence-electron chi connectivity index (χ2n) is 7.42. The van der Waals surface area contributed by atoms with Gasteiger partial charge in [0.1, 0.15) is 24.2 Å². The predicted octanol–water partition coefficient (Wildman–Crippen LogP) is -1.52. The molecule has 0 aromatic carbocycles. The zero-order valence-corrected chi connectivity index (χ0v) is 16.6. The highest BCUT2D eigenvalue weighted by atomic mass is 16.2. The van der Waals surface area contributed by atoms with Crippen LogP contribution in [-0.2, 0) is 24.0 Å². The molecule has 5 amide bonds. The van der Waals surface area contributed by atoms with E-state index in [1.54, 1.807) is 6.92 Å². The third-order valence-corrected chi connectivity index (χ3v) is 5.31. The largest absolute Gasteiger partial charge is 0.368 e. The van der Waals surface area contributed by atoms with E-state index in [1.165, 1.54) is 23.6 Å². The van der Waals surface area contributed by atoms with E-state index in [0.29, 0.717) is 32.4 Å². The summed E-state index contributed by atoms with van der Waals surface area (Å²) in [5.41, 5.74) is 5.16. The summed E-state index contributed by atoms with van der Waals surface area (Å²) in [6, 6.07) is -2.93. The van der Waals surface area contributed by atoms with Gasteiger partial charge in [0.25, 0.3) is 0 Å². The van der Waals surface area contributed by atoms with Crippen molar-refractivity contribution in [1.82, 2.24) is 20.4 Å². The third kappa shape index (κ3) is 4.79. The van der Waals surface area contributed by atoms with Crippen LogP contribution >= 0.6 is 0 Å². The van der Waals surface area contributed by atoms with E-state index in [9.17, 15) is 24.0 Å². The van der Waals surface area contributed by atoms with Gasteiger partial charge in [0.15, 0.2) is 0 Å². The van der Waals surface area contributed by atoms with E-state index in [2.05, 4.69) is 10.6 Å². The number of hydrogen-bond acceptors (Lipinski definition) is 5. The lowest BCUT2D eigenvalue weighted by Gasteiger charge is -2.29. The fraction of sp³-hybridized carbons (Fsp3) is 0.722. The Labute approximate surface area is 164 Å². The van der Waals surface area contributed by atoms with E-state index in [4.69, 9.17) is 5.73 Å². The molecule has 4 N–H and O–H groups in total. The summed E-state index contributed by atoms with van der Waals surface area (Å²) >= 11 is 0. The average Bonchev–Trinajstić information content (AvgIpc) is 3.29. The van der Waals surface area contributed by atoms with Gasteiger partial charge < -0.3 is 26.2 Å². The Kier molecular flexibility index (Phi) is 6.98. The van der Waals surface area contributed by atoms with Gasteiger partial charge in [0.05, 0.1) is 0 Å². The molecule has 2 aliphatic heterocycles. The molecule has 2 saturated heterocycles. The Morgan fingerprint density at radius 3 is 1.82 bits per heavy atom. The summed E-state index contributed by atoms with van der Waals surface area (Å²) < 4.78 is 0. The molecule has 10 heteroatoms. The van der Waals surface area contributed by atoms with Crippen molar-refractivity contribution in [1.29, 1.82) is 0 Å². The molecule has 0 spiro atoms.